The maximum Gasteiger partial charge on any atom is 0.221 e. The van der Waals surface area contributed by atoms with E-state index in [1.165, 1.54) is 24.8 Å². The average Bonchev–Trinajstić information content (AvgIpc) is 2.86. The van der Waals surface area contributed by atoms with Gasteiger partial charge in [-0.3, -0.25) is 9.69 Å². The van der Waals surface area contributed by atoms with Crippen molar-refractivity contribution in [1.29, 1.82) is 0 Å². The highest BCUT2D eigenvalue weighted by Crippen LogP contribution is 2.32. The maximum atomic E-state index is 11.1. The summed E-state index contributed by atoms with van der Waals surface area (Å²) in [5.41, 5.74) is 2.14. The molecule has 0 radical (unpaired) electrons. The number of hydrogen-bond acceptors (Lipinski definition) is 3. The molecule has 1 aromatic rings. The van der Waals surface area contributed by atoms with Crippen LogP contribution in [0.5, 0.6) is 0 Å². The van der Waals surface area contributed by atoms with E-state index in [1.54, 1.807) is 6.92 Å². The zero-order valence-corrected chi connectivity index (χ0v) is 13.4. The molecule has 1 amide bonds. The number of rotatable bonds is 5. The molecule has 1 aromatic carbocycles. The Morgan fingerprint density at radius 3 is 2.95 bits per heavy atom. The molecule has 4 heteroatoms. The molecule has 1 aliphatic carbocycles. The molecule has 3 nitrogen and oxygen atoms in total. The number of nitrogens with zero attached hydrogens (tertiary/aromatic N) is 1. The Morgan fingerprint density at radius 1 is 1.45 bits per heavy atom. The fraction of sp³-hybridized carbons (Fsp3) is 0.562. The monoisotopic (exact) mass is 292 g/mol. The Morgan fingerprint density at radius 2 is 2.25 bits per heavy atom. The van der Waals surface area contributed by atoms with Gasteiger partial charge < -0.3 is 5.32 Å². The zero-order valence-electron chi connectivity index (χ0n) is 12.6. The minimum absolute atomic E-state index is 0.0197. The van der Waals surface area contributed by atoms with Crippen LogP contribution in [0.3, 0.4) is 0 Å². The highest BCUT2D eigenvalue weighted by atomic mass is 32.2. The molecule has 0 bridgehead atoms. The number of nitrogens with one attached hydrogen (secondary N) is 1. The fourth-order valence-electron chi connectivity index (χ4n) is 3.04. The summed E-state index contributed by atoms with van der Waals surface area (Å²) in [6.45, 7) is 2.48. The molecule has 0 heterocycles. The summed E-state index contributed by atoms with van der Waals surface area (Å²) in [7, 11) is 2.21. The van der Waals surface area contributed by atoms with Gasteiger partial charge >= 0.3 is 0 Å². The van der Waals surface area contributed by atoms with Crippen molar-refractivity contribution in [3.05, 3.63) is 29.8 Å². The molecule has 20 heavy (non-hydrogen) atoms. The first-order valence-corrected chi connectivity index (χ1v) is 8.48. The zero-order chi connectivity index (χ0) is 14.5. The van der Waals surface area contributed by atoms with Crippen LogP contribution in [0.1, 0.15) is 31.7 Å². The Kier molecular flexibility index (Phi) is 5.49. The van der Waals surface area contributed by atoms with Gasteiger partial charge in [0.25, 0.3) is 0 Å². The second kappa shape index (κ2) is 7.14. The number of thioether (sulfide) groups is 1. The summed E-state index contributed by atoms with van der Waals surface area (Å²) in [5, 5.41) is 3.61. The number of carbonyl (C=O) groups is 1. The van der Waals surface area contributed by atoms with Gasteiger partial charge in [-0.2, -0.15) is 11.8 Å². The molecule has 0 aromatic heterocycles. The van der Waals surface area contributed by atoms with Crippen molar-refractivity contribution in [2.45, 2.75) is 44.0 Å². The first kappa shape index (κ1) is 15.4. The van der Waals surface area contributed by atoms with Crippen molar-refractivity contribution < 1.29 is 4.79 Å². The molecule has 1 aliphatic rings. The molecular weight excluding hydrogens is 268 g/mol. The van der Waals surface area contributed by atoms with Crippen molar-refractivity contribution in [2.24, 2.45) is 0 Å². The average molecular weight is 292 g/mol. The van der Waals surface area contributed by atoms with Gasteiger partial charge in [-0.25, -0.2) is 0 Å². The Hall–Kier alpha value is -1.00. The summed E-state index contributed by atoms with van der Waals surface area (Å²) < 4.78 is 0. The van der Waals surface area contributed by atoms with Gasteiger partial charge in [-0.1, -0.05) is 18.6 Å². The maximum absolute atomic E-state index is 11.1. The number of amides is 1. The fourth-order valence-corrected chi connectivity index (χ4v) is 4.10. The van der Waals surface area contributed by atoms with Crippen molar-refractivity contribution in [3.8, 4) is 0 Å². The molecule has 0 aliphatic heterocycles. The standard InChI is InChI=1S/C16H24N2OS/c1-12(19)17-14-7-4-6-13(10-14)11-18(2)15-8-5-9-16(15)20-3/h4,6-7,10,15-16H,5,8-9,11H2,1-3H3,(H,17,19)/t15-,16+/m0/s1. The molecule has 1 saturated carbocycles. The third kappa shape index (κ3) is 4.00. The van der Waals surface area contributed by atoms with Gasteiger partial charge in [-0.05, 0) is 43.8 Å². The van der Waals surface area contributed by atoms with Gasteiger partial charge in [0, 0.05) is 30.4 Å². The van der Waals surface area contributed by atoms with E-state index >= 15 is 0 Å². The molecular formula is C16H24N2OS. The summed E-state index contributed by atoms with van der Waals surface area (Å²) in [5.74, 6) is -0.0197. The van der Waals surface area contributed by atoms with Crippen molar-refractivity contribution >= 4 is 23.4 Å². The quantitative estimate of drug-likeness (QED) is 0.903. The van der Waals surface area contributed by atoms with E-state index in [4.69, 9.17) is 0 Å². The van der Waals surface area contributed by atoms with E-state index in [0.717, 1.165) is 17.5 Å². The minimum Gasteiger partial charge on any atom is -0.326 e. The lowest BCUT2D eigenvalue weighted by Gasteiger charge is -2.29. The van der Waals surface area contributed by atoms with Crippen LogP contribution in [0.15, 0.2) is 24.3 Å². The van der Waals surface area contributed by atoms with Crippen LogP contribution in [0.2, 0.25) is 0 Å². The second-order valence-electron chi connectivity index (χ2n) is 5.57. The summed E-state index contributed by atoms with van der Waals surface area (Å²) >= 11 is 1.99. The molecule has 1 N–H and O–H groups in total. The number of benzene rings is 1. The van der Waals surface area contributed by atoms with Crippen LogP contribution in [0.25, 0.3) is 0 Å². The van der Waals surface area contributed by atoms with Gasteiger partial charge in [0.15, 0.2) is 0 Å². The number of anilines is 1. The minimum atomic E-state index is -0.0197. The molecule has 110 valence electrons. The Bertz CT molecular complexity index is 464. The topological polar surface area (TPSA) is 32.3 Å². The van der Waals surface area contributed by atoms with Crippen molar-refractivity contribution in [2.75, 3.05) is 18.6 Å². The summed E-state index contributed by atoms with van der Waals surface area (Å²) in [4.78, 5) is 13.6. The second-order valence-corrected chi connectivity index (χ2v) is 6.65. The largest absolute Gasteiger partial charge is 0.326 e. The van der Waals surface area contributed by atoms with E-state index in [9.17, 15) is 4.79 Å². The van der Waals surface area contributed by atoms with E-state index in [0.29, 0.717) is 6.04 Å². The van der Waals surface area contributed by atoms with E-state index < -0.39 is 0 Å². The molecule has 1 fully saturated rings. The van der Waals surface area contributed by atoms with Crippen LogP contribution in [-0.2, 0) is 11.3 Å². The van der Waals surface area contributed by atoms with E-state index in [2.05, 4.69) is 35.7 Å². The van der Waals surface area contributed by atoms with Gasteiger partial charge in [0.05, 0.1) is 0 Å². The van der Waals surface area contributed by atoms with Crippen molar-refractivity contribution in [3.63, 3.8) is 0 Å². The Balaban J connectivity index is 2.00. The van der Waals surface area contributed by atoms with Crippen molar-refractivity contribution in [1.82, 2.24) is 4.90 Å². The molecule has 0 unspecified atom stereocenters. The number of carbonyl (C=O) groups excluding carboxylic acids is 1. The van der Waals surface area contributed by atoms with Gasteiger partial charge in [0.2, 0.25) is 5.91 Å². The first-order valence-electron chi connectivity index (χ1n) is 7.19. The SMILES string of the molecule is CS[C@@H]1CCC[C@@H]1N(C)Cc1cccc(NC(C)=O)c1. The van der Waals surface area contributed by atoms with Gasteiger partial charge in [0.1, 0.15) is 0 Å². The summed E-state index contributed by atoms with van der Waals surface area (Å²) in [6, 6.07) is 8.82. The normalized spacial score (nSPS) is 22.2. The van der Waals surface area contributed by atoms with Crippen LogP contribution in [0, 0.1) is 0 Å². The van der Waals surface area contributed by atoms with E-state index in [-0.39, 0.29) is 5.91 Å². The van der Waals surface area contributed by atoms with E-state index in [1.807, 2.05) is 23.9 Å². The number of hydrogen-bond donors (Lipinski definition) is 1. The predicted octanol–water partition coefficient (Wildman–Crippen LogP) is 3.36. The highest BCUT2D eigenvalue weighted by Gasteiger charge is 2.29. The van der Waals surface area contributed by atoms with Crippen LogP contribution >= 0.6 is 11.8 Å². The predicted molar refractivity (Wildman–Crippen MR) is 87.2 cm³/mol. The third-order valence-corrected chi connectivity index (χ3v) is 5.12. The van der Waals surface area contributed by atoms with Crippen LogP contribution in [-0.4, -0.2) is 35.4 Å². The Labute approximate surface area is 126 Å². The molecule has 0 spiro atoms. The lowest BCUT2D eigenvalue weighted by Crippen LogP contribution is -2.35. The molecule has 0 saturated heterocycles. The van der Waals surface area contributed by atoms with Crippen LogP contribution < -0.4 is 5.32 Å². The molecule has 2 atom stereocenters. The smallest absolute Gasteiger partial charge is 0.221 e. The summed E-state index contributed by atoms with van der Waals surface area (Å²) in [6.07, 6.45) is 6.19. The first-order chi connectivity index (χ1) is 9.60. The van der Waals surface area contributed by atoms with Gasteiger partial charge in [-0.15, -0.1) is 0 Å². The van der Waals surface area contributed by atoms with Crippen LogP contribution in [0.4, 0.5) is 5.69 Å². The third-order valence-electron chi connectivity index (χ3n) is 3.97. The lowest BCUT2D eigenvalue weighted by atomic mass is 10.1. The highest BCUT2D eigenvalue weighted by molar-refractivity contribution is 7.99. The lowest BCUT2D eigenvalue weighted by molar-refractivity contribution is -0.114. The molecule has 2 rings (SSSR count).